The summed E-state index contributed by atoms with van der Waals surface area (Å²) in [6, 6.07) is 7.27. The van der Waals surface area contributed by atoms with E-state index in [0.29, 0.717) is 19.3 Å². The fraction of sp³-hybridized carbons (Fsp3) is 0.647. The van der Waals surface area contributed by atoms with Gasteiger partial charge >= 0.3 is 0 Å². The SMILES string of the molecule is CNC(C)c1ccc2c(c1)CCCN2CCOCCOC. The van der Waals surface area contributed by atoms with Gasteiger partial charge < -0.3 is 19.7 Å². The van der Waals surface area contributed by atoms with E-state index in [4.69, 9.17) is 9.47 Å². The Kier molecular flexibility index (Phi) is 6.49. The van der Waals surface area contributed by atoms with Gasteiger partial charge in [0.2, 0.25) is 0 Å². The first-order valence-electron chi connectivity index (χ1n) is 7.88. The summed E-state index contributed by atoms with van der Waals surface area (Å²) in [4.78, 5) is 2.44. The lowest BCUT2D eigenvalue weighted by Crippen LogP contribution is -2.33. The lowest BCUT2D eigenvalue weighted by atomic mass is 9.97. The summed E-state index contributed by atoms with van der Waals surface area (Å²) in [5.74, 6) is 0. The number of methoxy groups -OCH3 is 1. The Hall–Kier alpha value is -1.10. The molecule has 0 aliphatic carbocycles. The molecule has 1 N–H and O–H groups in total. The van der Waals surface area contributed by atoms with Crippen LogP contribution in [0.25, 0.3) is 0 Å². The molecule has 1 aliphatic rings. The van der Waals surface area contributed by atoms with Crippen molar-refractivity contribution in [2.75, 3.05) is 52.0 Å². The molecule has 0 bridgehead atoms. The number of benzene rings is 1. The maximum Gasteiger partial charge on any atom is 0.0701 e. The number of fused-ring (bicyclic) bond motifs is 1. The number of nitrogens with zero attached hydrogens (tertiary/aromatic N) is 1. The molecule has 0 saturated heterocycles. The second-order valence-corrected chi connectivity index (χ2v) is 5.59. The Morgan fingerprint density at radius 3 is 2.90 bits per heavy atom. The van der Waals surface area contributed by atoms with Gasteiger partial charge in [-0.2, -0.15) is 0 Å². The predicted octanol–water partition coefficient (Wildman–Crippen LogP) is 2.38. The fourth-order valence-electron chi connectivity index (χ4n) is 2.78. The first kappa shape index (κ1) is 16.3. The van der Waals surface area contributed by atoms with E-state index in [0.717, 1.165) is 19.7 Å². The van der Waals surface area contributed by atoms with Crippen molar-refractivity contribution >= 4 is 5.69 Å². The molecule has 0 amide bonds. The molecule has 0 spiro atoms. The molecular formula is C17H28N2O2. The minimum absolute atomic E-state index is 0.406. The van der Waals surface area contributed by atoms with Gasteiger partial charge in [0.15, 0.2) is 0 Å². The summed E-state index contributed by atoms with van der Waals surface area (Å²) < 4.78 is 10.6. The lowest BCUT2D eigenvalue weighted by molar-refractivity contribution is 0.0739. The molecule has 1 unspecified atom stereocenters. The van der Waals surface area contributed by atoms with Gasteiger partial charge in [0.1, 0.15) is 0 Å². The summed E-state index contributed by atoms with van der Waals surface area (Å²) in [6.07, 6.45) is 2.41. The maximum absolute atomic E-state index is 5.59. The van der Waals surface area contributed by atoms with Crippen LogP contribution >= 0.6 is 0 Å². The Bertz CT molecular complexity index is 437. The molecule has 2 rings (SSSR count). The molecule has 0 radical (unpaired) electrons. The number of hydrogen-bond acceptors (Lipinski definition) is 4. The van der Waals surface area contributed by atoms with Gasteiger partial charge in [0, 0.05) is 31.9 Å². The van der Waals surface area contributed by atoms with Gasteiger partial charge in [0.25, 0.3) is 0 Å². The highest BCUT2D eigenvalue weighted by Gasteiger charge is 2.17. The predicted molar refractivity (Wildman–Crippen MR) is 87.1 cm³/mol. The summed E-state index contributed by atoms with van der Waals surface area (Å²) in [5.41, 5.74) is 4.22. The summed E-state index contributed by atoms with van der Waals surface area (Å²) in [7, 11) is 3.71. The molecule has 1 atom stereocenters. The number of nitrogens with one attached hydrogen (secondary N) is 1. The average Bonchev–Trinajstić information content (AvgIpc) is 2.53. The summed E-state index contributed by atoms with van der Waals surface area (Å²) >= 11 is 0. The molecule has 1 aliphatic heterocycles. The zero-order chi connectivity index (χ0) is 15.1. The van der Waals surface area contributed by atoms with Gasteiger partial charge in [-0.15, -0.1) is 0 Å². The monoisotopic (exact) mass is 292 g/mol. The van der Waals surface area contributed by atoms with Crippen LogP contribution in [-0.4, -0.2) is 47.1 Å². The van der Waals surface area contributed by atoms with Crippen LogP contribution in [0.15, 0.2) is 18.2 Å². The van der Waals surface area contributed by atoms with Crippen LogP contribution < -0.4 is 10.2 Å². The van der Waals surface area contributed by atoms with Crippen LogP contribution in [-0.2, 0) is 15.9 Å². The molecule has 0 aromatic heterocycles. The van der Waals surface area contributed by atoms with E-state index in [-0.39, 0.29) is 0 Å². The van der Waals surface area contributed by atoms with Gasteiger partial charge in [-0.1, -0.05) is 12.1 Å². The molecule has 1 aromatic carbocycles. The van der Waals surface area contributed by atoms with E-state index in [1.54, 1.807) is 7.11 Å². The number of rotatable bonds is 8. The minimum atomic E-state index is 0.406. The summed E-state index contributed by atoms with van der Waals surface area (Å²) in [5, 5.41) is 3.31. The highest BCUT2D eigenvalue weighted by atomic mass is 16.5. The molecule has 1 aromatic rings. The lowest BCUT2D eigenvalue weighted by Gasteiger charge is -2.32. The molecule has 4 heteroatoms. The van der Waals surface area contributed by atoms with Gasteiger partial charge in [-0.05, 0) is 44.0 Å². The standard InChI is InChI=1S/C17H28N2O2/c1-14(18-2)15-6-7-17-16(13-15)5-4-8-19(17)9-10-21-12-11-20-3/h6-7,13-14,18H,4-5,8-12H2,1-3H3. The molecule has 21 heavy (non-hydrogen) atoms. The van der Waals surface area contributed by atoms with Crippen LogP contribution in [0.3, 0.4) is 0 Å². The highest BCUT2D eigenvalue weighted by Crippen LogP contribution is 2.29. The van der Waals surface area contributed by atoms with Gasteiger partial charge in [-0.3, -0.25) is 0 Å². The van der Waals surface area contributed by atoms with E-state index in [1.807, 2.05) is 7.05 Å². The van der Waals surface area contributed by atoms with Crippen molar-refractivity contribution in [3.63, 3.8) is 0 Å². The van der Waals surface area contributed by atoms with Crippen LogP contribution in [0.1, 0.15) is 30.5 Å². The normalized spacial score (nSPS) is 15.9. The molecule has 0 saturated carbocycles. The average molecular weight is 292 g/mol. The number of hydrogen-bond donors (Lipinski definition) is 1. The Labute approximate surface area is 128 Å². The zero-order valence-electron chi connectivity index (χ0n) is 13.5. The van der Waals surface area contributed by atoms with Crippen LogP contribution in [0, 0.1) is 0 Å². The van der Waals surface area contributed by atoms with Crippen molar-refractivity contribution in [2.45, 2.75) is 25.8 Å². The van der Waals surface area contributed by atoms with E-state index in [9.17, 15) is 0 Å². The number of ether oxygens (including phenoxy) is 2. The molecule has 0 fully saturated rings. The second kappa shape index (κ2) is 8.37. The maximum atomic E-state index is 5.59. The first-order chi connectivity index (χ1) is 10.3. The van der Waals surface area contributed by atoms with Crippen molar-refractivity contribution in [3.8, 4) is 0 Å². The quantitative estimate of drug-likeness (QED) is 0.746. The van der Waals surface area contributed by atoms with Crippen LogP contribution in [0.5, 0.6) is 0 Å². The van der Waals surface area contributed by atoms with Crippen molar-refractivity contribution in [1.82, 2.24) is 5.32 Å². The smallest absolute Gasteiger partial charge is 0.0701 e. The van der Waals surface area contributed by atoms with E-state index < -0.39 is 0 Å². The molecule has 118 valence electrons. The van der Waals surface area contributed by atoms with Gasteiger partial charge in [-0.25, -0.2) is 0 Å². The van der Waals surface area contributed by atoms with E-state index in [1.165, 1.54) is 29.7 Å². The third-order valence-electron chi connectivity index (χ3n) is 4.19. The van der Waals surface area contributed by atoms with Crippen molar-refractivity contribution < 1.29 is 9.47 Å². The van der Waals surface area contributed by atoms with Crippen LogP contribution in [0.4, 0.5) is 5.69 Å². The number of anilines is 1. The zero-order valence-corrected chi connectivity index (χ0v) is 13.5. The van der Waals surface area contributed by atoms with E-state index in [2.05, 4.69) is 35.3 Å². The fourth-order valence-corrected chi connectivity index (χ4v) is 2.78. The topological polar surface area (TPSA) is 33.7 Å². The number of aryl methyl sites for hydroxylation is 1. The van der Waals surface area contributed by atoms with Crippen molar-refractivity contribution in [1.29, 1.82) is 0 Å². The van der Waals surface area contributed by atoms with Crippen molar-refractivity contribution in [2.24, 2.45) is 0 Å². The third kappa shape index (κ3) is 4.43. The van der Waals surface area contributed by atoms with Crippen LogP contribution in [0.2, 0.25) is 0 Å². The highest BCUT2D eigenvalue weighted by molar-refractivity contribution is 5.57. The van der Waals surface area contributed by atoms with Gasteiger partial charge in [0.05, 0.1) is 19.8 Å². The van der Waals surface area contributed by atoms with E-state index >= 15 is 0 Å². The Morgan fingerprint density at radius 2 is 2.14 bits per heavy atom. The second-order valence-electron chi connectivity index (χ2n) is 5.59. The molecular weight excluding hydrogens is 264 g/mol. The first-order valence-corrected chi connectivity index (χ1v) is 7.88. The minimum Gasteiger partial charge on any atom is -0.382 e. The largest absolute Gasteiger partial charge is 0.382 e. The molecule has 1 heterocycles. The molecule has 4 nitrogen and oxygen atoms in total. The third-order valence-corrected chi connectivity index (χ3v) is 4.19. The Balaban J connectivity index is 1.96. The van der Waals surface area contributed by atoms with Crippen molar-refractivity contribution in [3.05, 3.63) is 29.3 Å². The Morgan fingerprint density at radius 1 is 1.29 bits per heavy atom. The summed E-state index contributed by atoms with van der Waals surface area (Å²) in [6.45, 7) is 6.39.